The molecule has 1 aromatic rings. The second-order valence-electron chi connectivity index (χ2n) is 4.50. The van der Waals surface area contributed by atoms with Crippen LogP contribution in [0.25, 0.3) is 0 Å². The lowest BCUT2D eigenvalue weighted by atomic mass is 10.1. The highest BCUT2D eigenvalue weighted by Gasteiger charge is 2.20. The van der Waals surface area contributed by atoms with Crippen molar-refractivity contribution in [1.29, 1.82) is 0 Å². The Balaban J connectivity index is 1.94. The molecule has 0 saturated carbocycles. The molecule has 0 radical (unpaired) electrons. The third-order valence-corrected chi connectivity index (χ3v) is 3.52. The molecule has 1 amide bonds. The molecule has 0 aliphatic carbocycles. The molecule has 92 valence electrons. The van der Waals surface area contributed by atoms with Crippen LogP contribution in [-0.2, 0) is 11.2 Å². The molecular weight excluding hydrogens is 280 g/mol. The van der Waals surface area contributed by atoms with Crippen molar-refractivity contribution in [2.24, 2.45) is 0 Å². The van der Waals surface area contributed by atoms with Gasteiger partial charge in [0, 0.05) is 30.1 Å². The maximum absolute atomic E-state index is 12.1. The van der Waals surface area contributed by atoms with Crippen LogP contribution in [0.1, 0.15) is 12.5 Å². The molecule has 1 N–H and O–H groups in total. The van der Waals surface area contributed by atoms with E-state index in [1.165, 1.54) is 0 Å². The maximum atomic E-state index is 12.1. The molecular formula is C13H17BrN2O. The molecule has 3 nitrogen and oxygen atoms in total. The summed E-state index contributed by atoms with van der Waals surface area (Å²) < 4.78 is 1.05. The predicted molar refractivity (Wildman–Crippen MR) is 71.9 cm³/mol. The van der Waals surface area contributed by atoms with Crippen LogP contribution >= 0.6 is 15.9 Å². The standard InChI is InChI=1S/C13H17BrN2O/c1-10-9-16(7-6-15-10)13(17)8-11-2-4-12(14)5-3-11/h2-5,10,15H,6-9H2,1H3/t10-/m1/s1. The first kappa shape index (κ1) is 12.6. The molecule has 1 aromatic carbocycles. The number of rotatable bonds is 2. The second-order valence-corrected chi connectivity index (χ2v) is 5.41. The Labute approximate surface area is 110 Å². The first-order valence-electron chi connectivity index (χ1n) is 5.91. The summed E-state index contributed by atoms with van der Waals surface area (Å²) in [6.45, 7) is 4.64. The van der Waals surface area contributed by atoms with Gasteiger partial charge in [-0.15, -0.1) is 0 Å². The molecule has 0 spiro atoms. The molecule has 1 saturated heterocycles. The second kappa shape index (κ2) is 5.65. The summed E-state index contributed by atoms with van der Waals surface area (Å²) in [6.07, 6.45) is 0.500. The van der Waals surface area contributed by atoms with Gasteiger partial charge in [-0.05, 0) is 24.6 Å². The monoisotopic (exact) mass is 296 g/mol. The van der Waals surface area contributed by atoms with Crippen LogP contribution in [0.3, 0.4) is 0 Å². The van der Waals surface area contributed by atoms with Crippen molar-refractivity contribution in [1.82, 2.24) is 10.2 Å². The summed E-state index contributed by atoms with van der Waals surface area (Å²) >= 11 is 3.39. The van der Waals surface area contributed by atoms with Gasteiger partial charge in [0.25, 0.3) is 0 Å². The molecule has 1 atom stereocenters. The van der Waals surface area contributed by atoms with Crippen LogP contribution in [-0.4, -0.2) is 36.5 Å². The summed E-state index contributed by atoms with van der Waals surface area (Å²) in [6, 6.07) is 8.34. The van der Waals surface area contributed by atoms with Gasteiger partial charge in [0.15, 0.2) is 0 Å². The zero-order valence-electron chi connectivity index (χ0n) is 9.95. The van der Waals surface area contributed by atoms with Gasteiger partial charge in [-0.25, -0.2) is 0 Å². The van der Waals surface area contributed by atoms with Gasteiger partial charge in [-0.1, -0.05) is 28.1 Å². The van der Waals surface area contributed by atoms with Crippen LogP contribution in [0.5, 0.6) is 0 Å². The van der Waals surface area contributed by atoms with E-state index in [0.717, 1.165) is 29.7 Å². The Morgan fingerprint density at radius 3 is 2.82 bits per heavy atom. The fraction of sp³-hybridized carbons (Fsp3) is 0.462. The minimum atomic E-state index is 0.223. The van der Waals surface area contributed by atoms with Crippen molar-refractivity contribution in [2.45, 2.75) is 19.4 Å². The maximum Gasteiger partial charge on any atom is 0.227 e. The van der Waals surface area contributed by atoms with Gasteiger partial charge in [0.1, 0.15) is 0 Å². The quantitative estimate of drug-likeness (QED) is 0.903. The average Bonchev–Trinajstić information content (AvgIpc) is 2.32. The van der Waals surface area contributed by atoms with Crippen molar-refractivity contribution in [3.8, 4) is 0 Å². The minimum absolute atomic E-state index is 0.223. The Morgan fingerprint density at radius 2 is 2.18 bits per heavy atom. The van der Waals surface area contributed by atoms with Crippen LogP contribution in [0.4, 0.5) is 0 Å². The average molecular weight is 297 g/mol. The molecule has 1 heterocycles. The third kappa shape index (κ3) is 3.54. The molecule has 0 bridgehead atoms. The number of amides is 1. The van der Waals surface area contributed by atoms with Crippen molar-refractivity contribution >= 4 is 21.8 Å². The van der Waals surface area contributed by atoms with Crippen LogP contribution in [0.2, 0.25) is 0 Å². The van der Waals surface area contributed by atoms with E-state index in [0.29, 0.717) is 12.5 Å². The predicted octanol–water partition coefficient (Wildman–Crippen LogP) is 1.81. The summed E-state index contributed by atoms with van der Waals surface area (Å²) in [7, 11) is 0. The van der Waals surface area contributed by atoms with Gasteiger partial charge in [-0.3, -0.25) is 4.79 Å². The number of nitrogens with one attached hydrogen (secondary N) is 1. The van der Waals surface area contributed by atoms with E-state index in [1.54, 1.807) is 0 Å². The highest BCUT2D eigenvalue weighted by Crippen LogP contribution is 2.12. The highest BCUT2D eigenvalue weighted by atomic mass is 79.9. The van der Waals surface area contributed by atoms with E-state index in [9.17, 15) is 4.79 Å². The van der Waals surface area contributed by atoms with Crippen molar-refractivity contribution < 1.29 is 4.79 Å². The number of benzene rings is 1. The Hall–Kier alpha value is -0.870. The van der Waals surface area contributed by atoms with E-state index in [4.69, 9.17) is 0 Å². The fourth-order valence-electron chi connectivity index (χ4n) is 2.05. The lowest BCUT2D eigenvalue weighted by Crippen LogP contribution is -2.51. The minimum Gasteiger partial charge on any atom is -0.340 e. The molecule has 0 aromatic heterocycles. The molecule has 1 aliphatic heterocycles. The van der Waals surface area contributed by atoms with Gasteiger partial charge < -0.3 is 10.2 Å². The zero-order chi connectivity index (χ0) is 12.3. The largest absolute Gasteiger partial charge is 0.340 e. The van der Waals surface area contributed by atoms with Gasteiger partial charge in [0.2, 0.25) is 5.91 Å². The first-order valence-corrected chi connectivity index (χ1v) is 6.70. The first-order chi connectivity index (χ1) is 8.15. The Morgan fingerprint density at radius 1 is 1.47 bits per heavy atom. The topological polar surface area (TPSA) is 32.3 Å². The van der Waals surface area contributed by atoms with Crippen molar-refractivity contribution in [3.05, 3.63) is 34.3 Å². The number of carbonyl (C=O) groups is 1. The summed E-state index contributed by atoms with van der Waals surface area (Å²) in [5.41, 5.74) is 1.07. The number of hydrogen-bond acceptors (Lipinski definition) is 2. The van der Waals surface area contributed by atoms with Crippen molar-refractivity contribution in [2.75, 3.05) is 19.6 Å². The molecule has 17 heavy (non-hydrogen) atoms. The van der Waals surface area contributed by atoms with E-state index < -0.39 is 0 Å². The van der Waals surface area contributed by atoms with Gasteiger partial charge in [0.05, 0.1) is 6.42 Å². The molecule has 1 fully saturated rings. The van der Waals surface area contributed by atoms with Crippen LogP contribution in [0.15, 0.2) is 28.7 Å². The molecule has 0 unspecified atom stereocenters. The fourth-order valence-corrected chi connectivity index (χ4v) is 2.31. The third-order valence-electron chi connectivity index (χ3n) is 2.99. The van der Waals surface area contributed by atoms with Gasteiger partial charge in [-0.2, -0.15) is 0 Å². The summed E-state index contributed by atoms with van der Waals surface area (Å²) in [4.78, 5) is 14.0. The number of halogens is 1. The molecule has 1 aliphatic rings. The number of nitrogens with zero attached hydrogens (tertiary/aromatic N) is 1. The van der Waals surface area contributed by atoms with Crippen molar-refractivity contribution in [3.63, 3.8) is 0 Å². The Bertz CT molecular complexity index is 391. The van der Waals surface area contributed by atoms with Gasteiger partial charge >= 0.3 is 0 Å². The lowest BCUT2D eigenvalue weighted by molar-refractivity contribution is -0.131. The SMILES string of the molecule is C[C@@H]1CN(C(=O)Cc2ccc(Br)cc2)CCN1. The normalized spacial score (nSPS) is 20.4. The molecule has 4 heteroatoms. The highest BCUT2D eigenvalue weighted by molar-refractivity contribution is 9.10. The number of hydrogen-bond donors (Lipinski definition) is 1. The number of carbonyl (C=O) groups excluding carboxylic acids is 1. The number of piperazine rings is 1. The van der Waals surface area contributed by atoms with E-state index >= 15 is 0 Å². The lowest BCUT2D eigenvalue weighted by Gasteiger charge is -2.32. The zero-order valence-corrected chi connectivity index (χ0v) is 11.5. The summed E-state index contributed by atoms with van der Waals surface area (Å²) in [5.74, 6) is 0.223. The van der Waals surface area contributed by atoms with E-state index in [1.807, 2.05) is 29.2 Å². The van der Waals surface area contributed by atoms with Crippen LogP contribution in [0, 0.1) is 0 Å². The summed E-state index contributed by atoms with van der Waals surface area (Å²) in [5, 5.41) is 3.34. The van der Waals surface area contributed by atoms with E-state index in [-0.39, 0.29) is 5.91 Å². The Kier molecular flexibility index (Phi) is 4.18. The smallest absolute Gasteiger partial charge is 0.227 e. The van der Waals surface area contributed by atoms with E-state index in [2.05, 4.69) is 28.2 Å². The molecule has 2 rings (SSSR count). The van der Waals surface area contributed by atoms with Crippen LogP contribution < -0.4 is 5.32 Å².